The minimum absolute atomic E-state index is 0.128. The molecule has 2 aliphatic heterocycles. The number of likely N-dealkylation sites (tertiary alicyclic amines) is 1. The molecule has 0 spiro atoms. The Hall–Kier alpha value is 0.0900. The molecule has 2 heterocycles. The number of hydrogen-bond acceptors (Lipinski definition) is 4. The first-order valence-electron chi connectivity index (χ1n) is 9.39. The van der Waals surface area contributed by atoms with Gasteiger partial charge < -0.3 is 10.0 Å². The molecule has 1 unspecified atom stereocenters. The van der Waals surface area contributed by atoms with Crippen molar-refractivity contribution in [1.82, 2.24) is 9.80 Å². The van der Waals surface area contributed by atoms with Crippen LogP contribution in [0.1, 0.15) is 54.4 Å². The van der Waals surface area contributed by atoms with Crippen LogP contribution >= 0.6 is 11.8 Å². The number of piperidine rings is 1. The number of aliphatic hydroxyl groups is 1. The first kappa shape index (κ1) is 26.3. The maximum absolute atomic E-state index is 12.9. The van der Waals surface area contributed by atoms with E-state index in [1.165, 1.54) is 31.0 Å². The molecular formula is C18H40F2N2OS. The second-order valence-corrected chi connectivity index (χ2v) is 7.12. The monoisotopic (exact) mass is 370 g/mol. The molecule has 0 aliphatic carbocycles. The van der Waals surface area contributed by atoms with Crippen molar-refractivity contribution in [3.63, 3.8) is 0 Å². The van der Waals surface area contributed by atoms with Crippen LogP contribution in [0.15, 0.2) is 0 Å². The van der Waals surface area contributed by atoms with Crippen molar-refractivity contribution in [1.29, 1.82) is 0 Å². The summed E-state index contributed by atoms with van der Waals surface area (Å²) in [4.78, 5) is 4.09. The van der Waals surface area contributed by atoms with Crippen LogP contribution in [0.2, 0.25) is 0 Å². The Kier molecular flexibility index (Phi) is 16.8. The third kappa shape index (κ3) is 11.6. The summed E-state index contributed by atoms with van der Waals surface area (Å²) in [6.07, 6.45) is 0.0966. The molecule has 3 nitrogen and oxygen atoms in total. The number of aliphatic hydroxyl groups excluding tert-OH is 1. The number of thioether (sulfide) groups is 1. The molecule has 2 rings (SSSR count). The standard InChI is InChI=1S/C8H15F2NO.C6H13NS.2C2H6/c1-6(2)11-4-3-7(12)8(9,10)5-11;1-7-3-2-5-8-6-4-7;2*1-2/h6-7,12H,3-5H2,1-2H3;2-6H2,1H3;2*1-2H3. The van der Waals surface area contributed by atoms with E-state index in [1.54, 1.807) is 4.90 Å². The fourth-order valence-corrected chi connectivity index (χ4v) is 3.24. The third-order valence-electron chi connectivity index (χ3n) is 3.77. The highest BCUT2D eigenvalue weighted by Crippen LogP contribution is 2.27. The number of halogens is 2. The van der Waals surface area contributed by atoms with Crippen LogP contribution in [0.5, 0.6) is 0 Å². The summed E-state index contributed by atoms with van der Waals surface area (Å²) in [5.74, 6) is -0.233. The van der Waals surface area contributed by atoms with Crippen LogP contribution in [0, 0.1) is 0 Å². The van der Waals surface area contributed by atoms with E-state index < -0.39 is 12.0 Å². The first-order valence-corrected chi connectivity index (χ1v) is 10.5. The fourth-order valence-electron chi connectivity index (χ4n) is 2.27. The molecule has 0 saturated carbocycles. The van der Waals surface area contributed by atoms with Crippen molar-refractivity contribution in [2.75, 3.05) is 44.7 Å². The summed E-state index contributed by atoms with van der Waals surface area (Å²) >= 11 is 2.08. The molecule has 0 aromatic carbocycles. The van der Waals surface area contributed by atoms with Gasteiger partial charge in [0.2, 0.25) is 0 Å². The molecule has 24 heavy (non-hydrogen) atoms. The van der Waals surface area contributed by atoms with Crippen LogP contribution in [0.25, 0.3) is 0 Å². The SMILES string of the molecule is CC.CC.CC(C)N1CCC(O)C(F)(F)C1.CN1CCCSCC1. The van der Waals surface area contributed by atoms with Crippen LogP contribution in [-0.4, -0.2) is 77.7 Å². The average molecular weight is 371 g/mol. The van der Waals surface area contributed by atoms with E-state index in [-0.39, 0.29) is 19.0 Å². The Morgan fingerprint density at radius 3 is 2.12 bits per heavy atom. The zero-order valence-electron chi connectivity index (χ0n) is 16.8. The average Bonchev–Trinajstić information content (AvgIpc) is 2.82. The second kappa shape index (κ2) is 15.4. The molecule has 0 aromatic rings. The largest absolute Gasteiger partial charge is 0.387 e. The van der Waals surface area contributed by atoms with Gasteiger partial charge in [0.15, 0.2) is 0 Å². The highest BCUT2D eigenvalue weighted by Gasteiger charge is 2.43. The zero-order valence-corrected chi connectivity index (χ0v) is 17.6. The molecule has 2 fully saturated rings. The zero-order chi connectivity index (χ0) is 19.2. The summed E-state index contributed by atoms with van der Waals surface area (Å²) in [5, 5.41) is 8.96. The molecule has 0 bridgehead atoms. The Labute approximate surface area is 153 Å². The van der Waals surface area contributed by atoms with E-state index in [4.69, 9.17) is 5.11 Å². The smallest absolute Gasteiger partial charge is 0.285 e. The maximum atomic E-state index is 12.9. The number of alkyl halides is 2. The minimum Gasteiger partial charge on any atom is -0.387 e. The van der Waals surface area contributed by atoms with E-state index in [0.29, 0.717) is 6.54 Å². The lowest BCUT2D eigenvalue weighted by Gasteiger charge is -2.37. The Balaban J connectivity index is 0. The molecule has 1 atom stereocenters. The lowest BCUT2D eigenvalue weighted by Crippen LogP contribution is -2.53. The van der Waals surface area contributed by atoms with Crippen molar-refractivity contribution in [3.8, 4) is 0 Å². The Morgan fingerprint density at radius 1 is 1.04 bits per heavy atom. The first-order chi connectivity index (χ1) is 11.3. The third-order valence-corrected chi connectivity index (χ3v) is 4.82. The predicted octanol–water partition coefficient (Wildman–Crippen LogP) is 4.20. The van der Waals surface area contributed by atoms with E-state index >= 15 is 0 Å². The predicted molar refractivity (Wildman–Crippen MR) is 104 cm³/mol. The van der Waals surface area contributed by atoms with Gasteiger partial charge in [-0.2, -0.15) is 11.8 Å². The van der Waals surface area contributed by atoms with Gasteiger partial charge in [-0.1, -0.05) is 27.7 Å². The van der Waals surface area contributed by atoms with Gasteiger partial charge in [0.25, 0.3) is 5.92 Å². The number of rotatable bonds is 1. The normalized spacial score (nSPS) is 24.4. The van der Waals surface area contributed by atoms with E-state index in [0.717, 1.165) is 0 Å². The molecule has 0 aromatic heterocycles. The quantitative estimate of drug-likeness (QED) is 0.748. The molecule has 0 amide bonds. The molecular weight excluding hydrogens is 330 g/mol. The lowest BCUT2D eigenvalue weighted by molar-refractivity contribution is -0.154. The van der Waals surface area contributed by atoms with E-state index in [9.17, 15) is 8.78 Å². The second-order valence-electron chi connectivity index (χ2n) is 5.90. The molecule has 6 heteroatoms. The molecule has 1 N–H and O–H groups in total. The van der Waals surface area contributed by atoms with Crippen LogP contribution in [0.3, 0.4) is 0 Å². The maximum Gasteiger partial charge on any atom is 0.285 e. The van der Waals surface area contributed by atoms with Crippen LogP contribution in [0.4, 0.5) is 8.78 Å². The summed E-state index contributed by atoms with van der Waals surface area (Å²) in [5.41, 5.74) is 0. The van der Waals surface area contributed by atoms with E-state index in [1.807, 2.05) is 41.5 Å². The van der Waals surface area contributed by atoms with Gasteiger partial charge in [-0.25, -0.2) is 8.78 Å². The number of hydrogen-bond donors (Lipinski definition) is 1. The van der Waals surface area contributed by atoms with Crippen LogP contribution in [-0.2, 0) is 0 Å². The van der Waals surface area contributed by atoms with Gasteiger partial charge in [0.05, 0.1) is 6.54 Å². The van der Waals surface area contributed by atoms with Crippen molar-refractivity contribution >= 4 is 11.8 Å². The van der Waals surface area contributed by atoms with Crippen molar-refractivity contribution in [3.05, 3.63) is 0 Å². The summed E-state index contributed by atoms with van der Waals surface area (Å²) < 4.78 is 25.8. The summed E-state index contributed by atoms with van der Waals surface area (Å²) in [7, 11) is 2.20. The number of nitrogens with zero attached hydrogens (tertiary/aromatic N) is 2. The van der Waals surface area contributed by atoms with Gasteiger partial charge in [-0.05, 0) is 46.0 Å². The fraction of sp³-hybridized carbons (Fsp3) is 1.00. The molecule has 2 aliphatic rings. The topological polar surface area (TPSA) is 26.7 Å². The van der Waals surface area contributed by atoms with Crippen molar-refractivity contribution < 1.29 is 13.9 Å². The molecule has 2 saturated heterocycles. The van der Waals surface area contributed by atoms with Gasteiger partial charge in [-0.15, -0.1) is 0 Å². The summed E-state index contributed by atoms with van der Waals surface area (Å²) in [6, 6.07) is 0.128. The Bertz CT molecular complexity index is 274. The highest BCUT2D eigenvalue weighted by atomic mass is 32.2. The highest BCUT2D eigenvalue weighted by molar-refractivity contribution is 7.99. The summed E-state index contributed by atoms with van der Waals surface area (Å²) in [6.45, 7) is 14.6. The van der Waals surface area contributed by atoms with Crippen molar-refractivity contribution in [2.24, 2.45) is 0 Å². The van der Waals surface area contributed by atoms with Gasteiger partial charge >= 0.3 is 0 Å². The van der Waals surface area contributed by atoms with Crippen LogP contribution < -0.4 is 0 Å². The molecule has 0 radical (unpaired) electrons. The van der Waals surface area contributed by atoms with E-state index in [2.05, 4.69) is 23.7 Å². The Morgan fingerprint density at radius 2 is 1.62 bits per heavy atom. The minimum atomic E-state index is -2.93. The van der Waals surface area contributed by atoms with Crippen molar-refractivity contribution in [2.45, 2.75) is 72.5 Å². The van der Waals surface area contributed by atoms with Gasteiger partial charge in [0, 0.05) is 24.9 Å². The molecule has 148 valence electrons. The lowest BCUT2D eigenvalue weighted by atomic mass is 10.0. The van der Waals surface area contributed by atoms with Gasteiger partial charge in [0.1, 0.15) is 6.10 Å². The van der Waals surface area contributed by atoms with Gasteiger partial charge in [-0.3, -0.25) is 4.90 Å².